The molecule has 4 heteroatoms. The molecule has 0 saturated heterocycles. The number of anilines is 1. The predicted molar refractivity (Wildman–Crippen MR) is 122 cm³/mol. The average molecular weight is 403 g/mol. The molecule has 1 atom stereocenters. The first-order valence-corrected chi connectivity index (χ1v) is 10.7. The minimum absolute atomic E-state index is 0.495. The number of aryl methyl sites for hydroxylation is 1. The molecule has 0 bridgehead atoms. The molecule has 4 rings (SSSR count). The standard InChI is InChI=1S/C26H30N2O2/c1-4-28(18-19-6-5-13-27-17-19)26-16-24(30-3)11-12-25(26)22-8-7-21-15-23(29-2)10-9-20(21)14-22/h5-6,9-13,15-17,22H,4,7-8,14,18H2,1-3H3. The summed E-state index contributed by atoms with van der Waals surface area (Å²) in [5.41, 5.74) is 6.74. The van der Waals surface area contributed by atoms with Crippen molar-refractivity contribution in [2.75, 3.05) is 25.7 Å². The second-order valence-electron chi connectivity index (χ2n) is 7.87. The summed E-state index contributed by atoms with van der Waals surface area (Å²) >= 11 is 0. The van der Waals surface area contributed by atoms with Gasteiger partial charge in [-0.2, -0.15) is 0 Å². The van der Waals surface area contributed by atoms with Gasteiger partial charge < -0.3 is 14.4 Å². The maximum absolute atomic E-state index is 5.57. The van der Waals surface area contributed by atoms with Gasteiger partial charge in [0.1, 0.15) is 11.5 Å². The van der Waals surface area contributed by atoms with Crippen molar-refractivity contribution in [3.8, 4) is 11.5 Å². The van der Waals surface area contributed by atoms with Crippen molar-refractivity contribution in [1.29, 1.82) is 0 Å². The lowest BCUT2D eigenvalue weighted by atomic mass is 9.79. The van der Waals surface area contributed by atoms with E-state index in [0.29, 0.717) is 5.92 Å². The molecule has 4 nitrogen and oxygen atoms in total. The zero-order valence-corrected chi connectivity index (χ0v) is 18.1. The third kappa shape index (κ3) is 4.28. The van der Waals surface area contributed by atoms with Crippen LogP contribution < -0.4 is 14.4 Å². The number of aromatic nitrogens is 1. The van der Waals surface area contributed by atoms with Gasteiger partial charge in [0.05, 0.1) is 14.2 Å². The van der Waals surface area contributed by atoms with Gasteiger partial charge in [-0.1, -0.05) is 18.2 Å². The number of hydrogen-bond donors (Lipinski definition) is 0. The monoisotopic (exact) mass is 402 g/mol. The minimum atomic E-state index is 0.495. The number of hydrogen-bond acceptors (Lipinski definition) is 4. The second kappa shape index (κ2) is 9.21. The summed E-state index contributed by atoms with van der Waals surface area (Å²) in [5, 5.41) is 0. The lowest BCUT2D eigenvalue weighted by Gasteiger charge is -2.32. The Hall–Kier alpha value is -3.01. The first-order chi connectivity index (χ1) is 14.7. The number of methoxy groups -OCH3 is 2. The smallest absolute Gasteiger partial charge is 0.120 e. The van der Waals surface area contributed by atoms with E-state index in [2.05, 4.69) is 59.3 Å². The van der Waals surface area contributed by atoms with Crippen molar-refractivity contribution < 1.29 is 9.47 Å². The highest BCUT2D eigenvalue weighted by Gasteiger charge is 2.24. The molecule has 156 valence electrons. The maximum atomic E-state index is 5.57. The second-order valence-corrected chi connectivity index (χ2v) is 7.87. The number of nitrogens with zero attached hydrogens (tertiary/aromatic N) is 2. The number of rotatable bonds is 7. The van der Waals surface area contributed by atoms with Crippen LogP contribution in [0.3, 0.4) is 0 Å². The van der Waals surface area contributed by atoms with Crippen LogP contribution >= 0.6 is 0 Å². The molecular formula is C26H30N2O2. The summed E-state index contributed by atoms with van der Waals surface area (Å²) in [5.74, 6) is 2.35. The van der Waals surface area contributed by atoms with Gasteiger partial charge in [-0.15, -0.1) is 0 Å². The highest BCUT2D eigenvalue weighted by molar-refractivity contribution is 5.59. The normalized spacial score (nSPS) is 15.4. The summed E-state index contributed by atoms with van der Waals surface area (Å²) in [4.78, 5) is 6.72. The fraction of sp³-hybridized carbons (Fsp3) is 0.346. The van der Waals surface area contributed by atoms with Crippen LogP contribution in [0, 0.1) is 0 Å². The fourth-order valence-corrected chi connectivity index (χ4v) is 4.47. The molecule has 30 heavy (non-hydrogen) atoms. The van der Waals surface area contributed by atoms with Gasteiger partial charge in [0.15, 0.2) is 0 Å². The van der Waals surface area contributed by atoms with E-state index in [0.717, 1.165) is 43.9 Å². The lowest BCUT2D eigenvalue weighted by Crippen LogP contribution is -2.25. The van der Waals surface area contributed by atoms with E-state index in [1.807, 2.05) is 18.5 Å². The highest BCUT2D eigenvalue weighted by Crippen LogP contribution is 2.40. The Kier molecular flexibility index (Phi) is 6.22. The molecule has 1 aromatic heterocycles. The number of fused-ring (bicyclic) bond motifs is 1. The van der Waals surface area contributed by atoms with Gasteiger partial charge in [-0.25, -0.2) is 0 Å². The molecule has 0 saturated carbocycles. The Morgan fingerprint density at radius 2 is 1.80 bits per heavy atom. The molecule has 1 aliphatic carbocycles. The molecule has 0 radical (unpaired) electrons. The summed E-state index contributed by atoms with van der Waals surface area (Å²) in [6.45, 7) is 3.97. The van der Waals surface area contributed by atoms with Crippen LogP contribution in [0.5, 0.6) is 11.5 Å². The van der Waals surface area contributed by atoms with Crippen molar-refractivity contribution in [2.45, 2.75) is 38.6 Å². The molecule has 0 N–H and O–H groups in total. The van der Waals surface area contributed by atoms with E-state index in [1.165, 1.54) is 27.9 Å². The maximum Gasteiger partial charge on any atom is 0.120 e. The SMILES string of the molecule is CCN(Cc1cccnc1)c1cc(OC)ccc1C1CCc2cc(OC)ccc2C1. The van der Waals surface area contributed by atoms with Crippen LogP contribution in [0.1, 0.15) is 41.5 Å². The van der Waals surface area contributed by atoms with Crippen LogP contribution in [-0.4, -0.2) is 25.7 Å². The summed E-state index contributed by atoms with van der Waals surface area (Å²) in [6, 6.07) is 17.2. The van der Waals surface area contributed by atoms with Crippen LogP contribution in [-0.2, 0) is 19.4 Å². The molecule has 0 aliphatic heterocycles. The van der Waals surface area contributed by atoms with E-state index < -0.39 is 0 Å². The Bertz CT molecular complexity index is 988. The van der Waals surface area contributed by atoms with E-state index in [1.54, 1.807) is 14.2 Å². The number of benzene rings is 2. The van der Waals surface area contributed by atoms with Crippen molar-refractivity contribution in [2.24, 2.45) is 0 Å². The molecule has 1 unspecified atom stereocenters. The van der Waals surface area contributed by atoms with Gasteiger partial charge >= 0.3 is 0 Å². The molecule has 1 heterocycles. The molecular weight excluding hydrogens is 372 g/mol. The van der Waals surface area contributed by atoms with Gasteiger partial charge in [0.2, 0.25) is 0 Å². The lowest BCUT2D eigenvalue weighted by molar-refractivity contribution is 0.412. The molecule has 0 amide bonds. The number of ether oxygens (including phenoxy) is 2. The molecule has 3 aromatic rings. The van der Waals surface area contributed by atoms with Gasteiger partial charge in [0, 0.05) is 37.2 Å². The molecule has 1 aliphatic rings. The van der Waals surface area contributed by atoms with Crippen LogP contribution in [0.4, 0.5) is 5.69 Å². The van der Waals surface area contributed by atoms with Crippen LogP contribution in [0.25, 0.3) is 0 Å². The van der Waals surface area contributed by atoms with Gasteiger partial charge in [-0.3, -0.25) is 4.98 Å². The third-order valence-electron chi connectivity index (χ3n) is 6.14. The van der Waals surface area contributed by atoms with Gasteiger partial charge in [0.25, 0.3) is 0 Å². The summed E-state index contributed by atoms with van der Waals surface area (Å²) in [6.07, 6.45) is 7.06. The topological polar surface area (TPSA) is 34.6 Å². The van der Waals surface area contributed by atoms with Crippen molar-refractivity contribution in [3.63, 3.8) is 0 Å². The summed E-state index contributed by atoms with van der Waals surface area (Å²) < 4.78 is 11.0. The Labute approximate surface area is 179 Å². The summed E-state index contributed by atoms with van der Waals surface area (Å²) in [7, 11) is 3.47. The molecule has 0 spiro atoms. The first kappa shape index (κ1) is 20.3. The Morgan fingerprint density at radius 3 is 2.53 bits per heavy atom. The first-order valence-electron chi connectivity index (χ1n) is 10.7. The van der Waals surface area contributed by atoms with Gasteiger partial charge in [-0.05, 0) is 78.6 Å². The van der Waals surface area contributed by atoms with E-state index in [-0.39, 0.29) is 0 Å². The Morgan fingerprint density at radius 1 is 1.00 bits per heavy atom. The van der Waals surface area contributed by atoms with Crippen molar-refractivity contribution in [1.82, 2.24) is 4.98 Å². The minimum Gasteiger partial charge on any atom is -0.497 e. The zero-order valence-electron chi connectivity index (χ0n) is 18.1. The van der Waals surface area contributed by atoms with E-state index in [4.69, 9.17) is 9.47 Å². The third-order valence-corrected chi connectivity index (χ3v) is 6.14. The van der Waals surface area contributed by atoms with E-state index >= 15 is 0 Å². The van der Waals surface area contributed by atoms with Crippen molar-refractivity contribution >= 4 is 5.69 Å². The van der Waals surface area contributed by atoms with E-state index in [9.17, 15) is 0 Å². The van der Waals surface area contributed by atoms with Crippen LogP contribution in [0.2, 0.25) is 0 Å². The average Bonchev–Trinajstić information content (AvgIpc) is 2.82. The van der Waals surface area contributed by atoms with Crippen molar-refractivity contribution in [3.05, 3.63) is 83.2 Å². The zero-order chi connectivity index (χ0) is 20.9. The molecule has 2 aromatic carbocycles. The van der Waals surface area contributed by atoms with Crippen LogP contribution in [0.15, 0.2) is 60.9 Å². The highest BCUT2D eigenvalue weighted by atomic mass is 16.5. The largest absolute Gasteiger partial charge is 0.497 e. The number of pyridine rings is 1. The fourth-order valence-electron chi connectivity index (χ4n) is 4.47. The quantitative estimate of drug-likeness (QED) is 0.530. The Balaban J connectivity index is 1.66. The molecule has 0 fully saturated rings. The predicted octanol–water partition coefficient (Wildman–Crippen LogP) is 5.40.